The fourth-order valence-electron chi connectivity index (χ4n) is 5.70. The van der Waals surface area contributed by atoms with E-state index in [0.29, 0.717) is 24.2 Å². The Morgan fingerprint density at radius 2 is 1.34 bits per heavy atom. The van der Waals surface area contributed by atoms with Gasteiger partial charge >= 0.3 is 18.0 Å². The number of para-hydroxylation sites is 2. The number of rotatable bonds is 5. The molecule has 196 valence electrons. The molecule has 2 fully saturated rings. The van der Waals surface area contributed by atoms with Crippen LogP contribution in [0, 0.1) is 0 Å². The topological polar surface area (TPSA) is 84.4 Å². The second kappa shape index (κ2) is 10.6. The molecule has 4 atom stereocenters. The van der Waals surface area contributed by atoms with Crippen LogP contribution in [-0.2, 0) is 4.79 Å². The molecular weight excluding hydrogens is 480 g/mol. The Morgan fingerprint density at radius 3 is 1.87 bits per heavy atom. The third-order valence-electron chi connectivity index (χ3n) is 7.76. The predicted octanol–water partition coefficient (Wildman–Crippen LogP) is 5.36. The lowest BCUT2D eigenvalue weighted by Crippen LogP contribution is -2.67. The average Bonchev–Trinajstić information content (AvgIpc) is 3.25. The zero-order valence-corrected chi connectivity index (χ0v) is 21.6. The van der Waals surface area contributed by atoms with Crippen molar-refractivity contribution < 1.29 is 19.5 Å². The number of piperazine rings is 1. The van der Waals surface area contributed by atoms with Gasteiger partial charge in [-0.1, -0.05) is 66.7 Å². The molecule has 8 nitrogen and oxygen atoms in total. The highest BCUT2D eigenvalue weighted by Crippen LogP contribution is 2.38. The van der Waals surface area contributed by atoms with Crippen LogP contribution in [0.5, 0.6) is 0 Å². The summed E-state index contributed by atoms with van der Waals surface area (Å²) in [5.41, 5.74) is 2.30. The molecular formula is C30H32N4O4. The van der Waals surface area contributed by atoms with Crippen molar-refractivity contribution >= 4 is 29.4 Å². The molecule has 0 saturated carbocycles. The van der Waals surface area contributed by atoms with E-state index in [0.717, 1.165) is 5.56 Å². The second-order valence-electron chi connectivity index (χ2n) is 9.91. The Kier molecular flexibility index (Phi) is 7.05. The van der Waals surface area contributed by atoms with Gasteiger partial charge < -0.3 is 19.8 Å². The van der Waals surface area contributed by atoms with Gasteiger partial charge in [0.15, 0.2) is 6.04 Å². The zero-order chi connectivity index (χ0) is 26.8. The van der Waals surface area contributed by atoms with E-state index in [9.17, 15) is 19.5 Å². The number of amides is 4. The number of anilines is 2. The van der Waals surface area contributed by atoms with Crippen molar-refractivity contribution in [1.82, 2.24) is 14.7 Å². The maximum absolute atomic E-state index is 14.1. The SMILES string of the molecule is C[C@H](c1ccccc1)N(C)C(=O)N1[C@H]2CC[C@@H]1[C@@H](C(=O)O)N(C(=O)N(c1ccccc1)c1ccccc1)C2. The first-order valence-corrected chi connectivity index (χ1v) is 12.9. The van der Waals surface area contributed by atoms with Gasteiger partial charge in [-0.3, -0.25) is 4.90 Å². The maximum Gasteiger partial charge on any atom is 0.329 e. The molecule has 2 aliphatic rings. The van der Waals surface area contributed by atoms with Gasteiger partial charge in [-0.05, 0) is 49.6 Å². The Hall–Kier alpha value is -4.33. The molecule has 5 rings (SSSR count). The summed E-state index contributed by atoms with van der Waals surface area (Å²) >= 11 is 0. The van der Waals surface area contributed by atoms with Crippen LogP contribution < -0.4 is 4.90 Å². The normalized spacial score (nSPS) is 21.1. The van der Waals surface area contributed by atoms with Crippen LogP contribution in [0.4, 0.5) is 21.0 Å². The van der Waals surface area contributed by atoms with Crippen LogP contribution >= 0.6 is 0 Å². The largest absolute Gasteiger partial charge is 0.480 e. The molecule has 2 bridgehead atoms. The van der Waals surface area contributed by atoms with Gasteiger partial charge in [0.1, 0.15) is 0 Å². The zero-order valence-electron chi connectivity index (χ0n) is 21.6. The van der Waals surface area contributed by atoms with E-state index in [1.54, 1.807) is 21.7 Å². The van der Waals surface area contributed by atoms with E-state index in [4.69, 9.17) is 0 Å². The number of carboxylic acid groups (broad SMARTS) is 1. The third-order valence-corrected chi connectivity index (χ3v) is 7.76. The monoisotopic (exact) mass is 512 g/mol. The third kappa shape index (κ3) is 4.58. The fraction of sp³-hybridized carbons (Fsp3) is 0.300. The summed E-state index contributed by atoms with van der Waals surface area (Å²) in [6, 6.07) is 25.3. The van der Waals surface area contributed by atoms with Crippen LogP contribution in [-0.4, -0.2) is 69.6 Å². The second-order valence-corrected chi connectivity index (χ2v) is 9.91. The van der Waals surface area contributed by atoms with Crippen molar-refractivity contribution in [2.24, 2.45) is 0 Å². The molecule has 4 amide bonds. The van der Waals surface area contributed by atoms with Gasteiger partial charge in [0.2, 0.25) is 0 Å². The molecule has 0 aliphatic carbocycles. The Bertz CT molecular complexity index is 1250. The van der Waals surface area contributed by atoms with E-state index in [1.165, 1.54) is 4.90 Å². The van der Waals surface area contributed by atoms with Crippen LogP contribution in [0.2, 0.25) is 0 Å². The van der Waals surface area contributed by atoms with Gasteiger partial charge in [-0.2, -0.15) is 0 Å². The summed E-state index contributed by atoms with van der Waals surface area (Å²) < 4.78 is 0. The van der Waals surface area contributed by atoms with Gasteiger partial charge in [-0.15, -0.1) is 0 Å². The highest BCUT2D eigenvalue weighted by molar-refractivity contribution is 6.01. The van der Waals surface area contributed by atoms with Crippen molar-refractivity contribution in [2.45, 2.75) is 43.9 Å². The van der Waals surface area contributed by atoms with Crippen LogP contribution in [0.15, 0.2) is 91.0 Å². The Labute approximate surface area is 222 Å². The lowest BCUT2D eigenvalue weighted by molar-refractivity contribution is -0.145. The van der Waals surface area contributed by atoms with Gasteiger partial charge in [-0.25, -0.2) is 14.4 Å². The molecule has 0 radical (unpaired) electrons. The fourth-order valence-corrected chi connectivity index (χ4v) is 5.70. The molecule has 2 aliphatic heterocycles. The maximum atomic E-state index is 14.1. The van der Waals surface area contributed by atoms with Crippen molar-refractivity contribution in [3.63, 3.8) is 0 Å². The van der Waals surface area contributed by atoms with E-state index in [1.807, 2.05) is 97.9 Å². The van der Waals surface area contributed by atoms with E-state index >= 15 is 0 Å². The number of hydrogen-bond acceptors (Lipinski definition) is 3. The minimum atomic E-state index is -1.15. The quantitative estimate of drug-likeness (QED) is 0.499. The summed E-state index contributed by atoms with van der Waals surface area (Å²) in [7, 11) is 1.75. The molecule has 0 spiro atoms. The Morgan fingerprint density at radius 1 is 0.816 bits per heavy atom. The summed E-state index contributed by atoms with van der Waals surface area (Å²) in [5.74, 6) is -1.11. The molecule has 1 N–H and O–H groups in total. The highest BCUT2D eigenvalue weighted by Gasteiger charge is 2.54. The number of urea groups is 2. The number of benzene rings is 3. The first-order valence-electron chi connectivity index (χ1n) is 12.9. The number of carbonyl (C=O) groups excluding carboxylic acids is 2. The van der Waals surface area contributed by atoms with Crippen LogP contribution in [0.1, 0.15) is 31.4 Å². The van der Waals surface area contributed by atoms with E-state index < -0.39 is 24.1 Å². The summed E-state index contributed by atoms with van der Waals surface area (Å²) in [4.78, 5) is 46.9. The summed E-state index contributed by atoms with van der Waals surface area (Å²) in [6.07, 6.45) is 1.18. The van der Waals surface area contributed by atoms with Crippen molar-refractivity contribution in [2.75, 3.05) is 18.5 Å². The number of carbonyl (C=O) groups is 3. The minimum absolute atomic E-state index is 0.155. The number of hydrogen-bond donors (Lipinski definition) is 1. The lowest BCUT2D eigenvalue weighted by atomic mass is 10.0. The number of likely N-dealkylation sites (tertiary alicyclic amines) is 1. The molecule has 0 aromatic heterocycles. The number of carboxylic acids is 1. The van der Waals surface area contributed by atoms with Crippen LogP contribution in [0.25, 0.3) is 0 Å². The molecule has 38 heavy (non-hydrogen) atoms. The number of nitrogens with zero attached hydrogens (tertiary/aromatic N) is 4. The molecule has 2 saturated heterocycles. The molecule has 0 unspecified atom stereocenters. The average molecular weight is 513 g/mol. The first-order chi connectivity index (χ1) is 18.4. The van der Waals surface area contributed by atoms with Gasteiger partial charge in [0.25, 0.3) is 0 Å². The van der Waals surface area contributed by atoms with Crippen molar-refractivity contribution in [3.05, 3.63) is 96.6 Å². The lowest BCUT2D eigenvalue weighted by Gasteiger charge is -2.47. The first kappa shape index (κ1) is 25.3. The number of aliphatic carboxylic acids is 1. The summed E-state index contributed by atoms with van der Waals surface area (Å²) in [5, 5.41) is 10.4. The van der Waals surface area contributed by atoms with Gasteiger partial charge in [0, 0.05) is 13.6 Å². The van der Waals surface area contributed by atoms with Crippen LogP contribution in [0.3, 0.4) is 0 Å². The van der Waals surface area contributed by atoms with Crippen molar-refractivity contribution in [1.29, 1.82) is 0 Å². The molecule has 3 aromatic rings. The number of fused-ring (bicyclic) bond motifs is 2. The molecule has 3 aromatic carbocycles. The van der Waals surface area contributed by atoms with Gasteiger partial charge in [0.05, 0.1) is 29.5 Å². The standard InChI is InChI=1S/C30H32N4O4/c1-21(22-12-6-3-7-13-22)31(2)29(37)34-25-18-19-26(34)27(28(35)36)32(20-25)30(38)33(23-14-8-4-9-15-23)24-16-10-5-11-17-24/h3-17,21,25-27H,18-20H2,1-2H3,(H,35,36)/t21-,25+,26-,27+/m1/s1. The van der Waals surface area contributed by atoms with E-state index in [2.05, 4.69) is 0 Å². The van der Waals surface area contributed by atoms with E-state index in [-0.39, 0.29) is 24.7 Å². The summed E-state index contributed by atoms with van der Waals surface area (Å²) in [6.45, 7) is 2.11. The highest BCUT2D eigenvalue weighted by atomic mass is 16.4. The predicted molar refractivity (Wildman–Crippen MR) is 145 cm³/mol. The Balaban J connectivity index is 1.45. The molecule has 8 heteroatoms. The van der Waals surface area contributed by atoms with Crippen molar-refractivity contribution in [3.8, 4) is 0 Å². The molecule has 2 heterocycles. The minimum Gasteiger partial charge on any atom is -0.480 e. The smallest absolute Gasteiger partial charge is 0.329 e.